The Morgan fingerprint density at radius 1 is 0.947 bits per heavy atom. The summed E-state index contributed by atoms with van der Waals surface area (Å²) < 4.78 is 19.5. The molecule has 1 fully saturated rings. The van der Waals surface area contributed by atoms with Gasteiger partial charge in [-0.3, -0.25) is 19.5 Å². The van der Waals surface area contributed by atoms with Gasteiger partial charge in [-0.05, 0) is 42.5 Å². The SMILES string of the molecule is COc1ccc(O)c(C(=O)c2ccc(C(=O)NC3CNC[C@H]3NC(=O)c3ccc4[nH]ncc4c3)cc2)c1F. The first-order valence-electron chi connectivity index (χ1n) is 11.8. The van der Waals surface area contributed by atoms with Crippen LogP contribution in [0.1, 0.15) is 36.6 Å². The van der Waals surface area contributed by atoms with Crippen molar-refractivity contribution >= 4 is 28.5 Å². The third-order valence-corrected chi connectivity index (χ3v) is 6.49. The minimum atomic E-state index is -0.967. The topological polar surface area (TPSA) is 145 Å². The summed E-state index contributed by atoms with van der Waals surface area (Å²) in [6, 6.07) is 12.6. The summed E-state index contributed by atoms with van der Waals surface area (Å²) in [6.45, 7) is 0.941. The van der Waals surface area contributed by atoms with E-state index in [1.54, 1.807) is 24.4 Å². The number of hydrogen-bond acceptors (Lipinski definition) is 7. The van der Waals surface area contributed by atoms with Crippen LogP contribution in [0, 0.1) is 5.82 Å². The Bertz CT molecular complexity index is 1530. The van der Waals surface area contributed by atoms with Crippen molar-refractivity contribution < 1.29 is 28.6 Å². The van der Waals surface area contributed by atoms with Crippen molar-refractivity contribution in [1.82, 2.24) is 26.1 Å². The number of aromatic hydroxyl groups is 1. The number of fused-ring (bicyclic) bond motifs is 1. The van der Waals surface area contributed by atoms with Crippen LogP contribution in [0.2, 0.25) is 0 Å². The van der Waals surface area contributed by atoms with Gasteiger partial charge in [-0.15, -0.1) is 0 Å². The van der Waals surface area contributed by atoms with Crippen LogP contribution in [-0.2, 0) is 0 Å². The second kappa shape index (κ2) is 10.3. The van der Waals surface area contributed by atoms with E-state index in [0.717, 1.165) is 10.9 Å². The Morgan fingerprint density at radius 2 is 1.58 bits per heavy atom. The Hall–Kier alpha value is -4.77. The number of phenolic OH excluding ortho intramolecular Hbond substituents is 1. The average molecular weight is 518 g/mol. The molecule has 0 bridgehead atoms. The minimum Gasteiger partial charge on any atom is -0.507 e. The molecular weight excluding hydrogens is 493 g/mol. The van der Waals surface area contributed by atoms with E-state index in [2.05, 4.69) is 26.1 Å². The Morgan fingerprint density at radius 3 is 2.26 bits per heavy atom. The number of carbonyl (C=O) groups is 3. The number of benzene rings is 3. The molecule has 0 aliphatic carbocycles. The number of methoxy groups -OCH3 is 1. The van der Waals surface area contributed by atoms with Crippen LogP contribution in [0.15, 0.2) is 60.8 Å². The van der Waals surface area contributed by atoms with E-state index < -0.39 is 28.8 Å². The van der Waals surface area contributed by atoms with Gasteiger partial charge in [-0.25, -0.2) is 4.39 Å². The third-order valence-electron chi connectivity index (χ3n) is 6.49. The number of H-pyrrole nitrogens is 1. The second-order valence-electron chi connectivity index (χ2n) is 8.87. The number of phenols is 1. The summed E-state index contributed by atoms with van der Waals surface area (Å²) in [5.41, 5.74) is 1.16. The van der Waals surface area contributed by atoms with Gasteiger partial charge < -0.3 is 25.8 Å². The fraction of sp³-hybridized carbons (Fsp3) is 0.185. The monoisotopic (exact) mass is 517 g/mol. The number of hydrogen-bond donors (Lipinski definition) is 5. The number of rotatable bonds is 7. The predicted molar refractivity (Wildman–Crippen MR) is 136 cm³/mol. The van der Waals surface area contributed by atoms with Crippen molar-refractivity contribution in [3.05, 3.63) is 88.9 Å². The zero-order chi connectivity index (χ0) is 26.8. The molecule has 1 unspecified atom stereocenters. The molecule has 2 heterocycles. The van der Waals surface area contributed by atoms with Gasteiger partial charge in [0.15, 0.2) is 17.3 Å². The van der Waals surface area contributed by atoms with Gasteiger partial charge in [0.1, 0.15) is 11.3 Å². The molecule has 3 aromatic carbocycles. The van der Waals surface area contributed by atoms with Crippen molar-refractivity contribution in [2.24, 2.45) is 0 Å². The van der Waals surface area contributed by atoms with E-state index >= 15 is 0 Å². The van der Waals surface area contributed by atoms with Crippen LogP contribution in [0.25, 0.3) is 10.9 Å². The van der Waals surface area contributed by atoms with Crippen molar-refractivity contribution in [3.63, 3.8) is 0 Å². The molecule has 10 nitrogen and oxygen atoms in total. The maximum Gasteiger partial charge on any atom is 0.251 e. The molecule has 11 heteroatoms. The van der Waals surface area contributed by atoms with E-state index in [4.69, 9.17) is 4.74 Å². The van der Waals surface area contributed by atoms with Crippen LogP contribution in [0.5, 0.6) is 11.5 Å². The highest BCUT2D eigenvalue weighted by atomic mass is 19.1. The van der Waals surface area contributed by atoms with E-state index in [0.29, 0.717) is 18.7 Å². The normalized spacial score (nSPS) is 16.8. The van der Waals surface area contributed by atoms with Gasteiger partial charge in [0, 0.05) is 35.2 Å². The molecule has 5 rings (SSSR count). The molecule has 2 amide bonds. The summed E-state index contributed by atoms with van der Waals surface area (Å²) in [5.74, 6) is -3.06. The molecule has 38 heavy (non-hydrogen) atoms. The van der Waals surface area contributed by atoms with Gasteiger partial charge in [-0.1, -0.05) is 12.1 Å². The first-order chi connectivity index (χ1) is 18.4. The molecular formula is C27H24FN5O5. The molecule has 4 aromatic rings. The highest BCUT2D eigenvalue weighted by molar-refractivity contribution is 6.11. The standard InChI is InChI=1S/C27H24FN5O5/c1-38-22-9-8-21(34)23(24(22)28)25(35)14-2-4-15(5-3-14)26(36)31-19-12-29-13-20(19)32-27(37)16-6-7-18-17(10-16)11-30-33-18/h2-11,19-20,29,34H,12-13H2,1H3,(H,30,33)(H,31,36)(H,32,37)/t19?,20-/m1/s1. The average Bonchev–Trinajstić information content (AvgIpc) is 3.57. The number of halogens is 1. The maximum atomic E-state index is 14.6. The van der Waals surface area contributed by atoms with Crippen LogP contribution in [0.4, 0.5) is 4.39 Å². The first-order valence-corrected chi connectivity index (χ1v) is 11.8. The van der Waals surface area contributed by atoms with Crippen molar-refractivity contribution in [1.29, 1.82) is 0 Å². The molecule has 194 valence electrons. The molecule has 0 radical (unpaired) electrons. The summed E-state index contributed by atoms with van der Waals surface area (Å²) in [4.78, 5) is 38.5. The molecule has 1 saturated heterocycles. The van der Waals surface area contributed by atoms with E-state index in [1.807, 2.05) is 0 Å². The third kappa shape index (κ3) is 4.78. The second-order valence-corrected chi connectivity index (χ2v) is 8.87. The Balaban J connectivity index is 1.24. The number of ether oxygens (including phenoxy) is 1. The van der Waals surface area contributed by atoms with Crippen LogP contribution < -0.4 is 20.7 Å². The highest BCUT2D eigenvalue weighted by Gasteiger charge is 2.30. The summed E-state index contributed by atoms with van der Waals surface area (Å²) in [5, 5.41) is 26.7. The number of amides is 2. The molecule has 1 aliphatic heterocycles. The number of aromatic amines is 1. The van der Waals surface area contributed by atoms with Gasteiger partial charge in [0.05, 0.1) is 30.9 Å². The number of nitrogens with zero attached hydrogens (tertiary/aromatic N) is 1. The summed E-state index contributed by atoms with van der Waals surface area (Å²) in [7, 11) is 1.26. The lowest BCUT2D eigenvalue weighted by molar-refractivity contribution is 0.0896. The smallest absolute Gasteiger partial charge is 0.251 e. The van der Waals surface area contributed by atoms with Gasteiger partial charge in [0.2, 0.25) is 0 Å². The fourth-order valence-corrected chi connectivity index (χ4v) is 4.41. The van der Waals surface area contributed by atoms with Crippen LogP contribution >= 0.6 is 0 Å². The van der Waals surface area contributed by atoms with Crippen LogP contribution in [0.3, 0.4) is 0 Å². The van der Waals surface area contributed by atoms with Gasteiger partial charge in [-0.2, -0.15) is 5.10 Å². The van der Waals surface area contributed by atoms with Crippen molar-refractivity contribution in [2.75, 3.05) is 20.2 Å². The number of ketones is 1. The van der Waals surface area contributed by atoms with E-state index in [1.165, 1.54) is 43.5 Å². The summed E-state index contributed by atoms with van der Waals surface area (Å²) >= 11 is 0. The van der Waals surface area contributed by atoms with Crippen LogP contribution in [-0.4, -0.2) is 65.2 Å². The van der Waals surface area contributed by atoms with Gasteiger partial charge in [0.25, 0.3) is 11.8 Å². The molecule has 0 saturated carbocycles. The Kier molecular flexibility index (Phi) is 6.75. The first kappa shape index (κ1) is 24.9. The highest BCUT2D eigenvalue weighted by Crippen LogP contribution is 2.30. The summed E-state index contributed by atoms with van der Waals surface area (Å²) in [6.07, 6.45) is 1.64. The molecule has 1 aliphatic rings. The molecule has 5 N–H and O–H groups in total. The van der Waals surface area contributed by atoms with Gasteiger partial charge >= 0.3 is 0 Å². The lowest BCUT2D eigenvalue weighted by Crippen LogP contribution is -2.51. The predicted octanol–water partition coefficient (Wildman–Crippen LogP) is 2.15. The number of carbonyl (C=O) groups excluding carboxylic acids is 3. The lowest BCUT2D eigenvalue weighted by atomic mass is 10.00. The van der Waals surface area contributed by atoms with E-state index in [-0.39, 0.29) is 34.9 Å². The Labute approximate surface area is 216 Å². The maximum absolute atomic E-state index is 14.6. The quantitative estimate of drug-likeness (QED) is 0.236. The fourth-order valence-electron chi connectivity index (χ4n) is 4.41. The minimum absolute atomic E-state index is 0.0891. The molecule has 1 aromatic heterocycles. The van der Waals surface area contributed by atoms with Crippen molar-refractivity contribution in [2.45, 2.75) is 12.1 Å². The van der Waals surface area contributed by atoms with Crippen molar-refractivity contribution in [3.8, 4) is 11.5 Å². The molecule has 2 atom stereocenters. The largest absolute Gasteiger partial charge is 0.507 e. The lowest BCUT2D eigenvalue weighted by Gasteiger charge is -2.21. The number of nitrogens with one attached hydrogen (secondary N) is 4. The number of aromatic nitrogens is 2. The molecule has 0 spiro atoms. The van der Waals surface area contributed by atoms with E-state index in [9.17, 15) is 23.9 Å². The zero-order valence-electron chi connectivity index (χ0n) is 20.2. The zero-order valence-corrected chi connectivity index (χ0v) is 20.2.